The van der Waals surface area contributed by atoms with Crippen LogP contribution in [0.15, 0.2) is 65.2 Å². The molecule has 0 unspecified atom stereocenters. The van der Waals surface area contributed by atoms with Gasteiger partial charge in [-0.25, -0.2) is 9.37 Å². The molecule has 1 saturated heterocycles. The van der Waals surface area contributed by atoms with Crippen molar-refractivity contribution in [1.29, 1.82) is 0 Å². The van der Waals surface area contributed by atoms with E-state index in [0.29, 0.717) is 5.76 Å². The molecule has 25 heavy (non-hydrogen) atoms. The minimum absolute atomic E-state index is 0.246. The fourth-order valence-corrected chi connectivity index (χ4v) is 3.25. The maximum atomic E-state index is 13.0. The molecule has 1 aromatic heterocycles. The first kappa shape index (κ1) is 15.8. The number of piperazine rings is 1. The van der Waals surface area contributed by atoms with Crippen LogP contribution >= 0.6 is 0 Å². The van der Waals surface area contributed by atoms with Gasteiger partial charge < -0.3 is 14.2 Å². The number of nitrogens with zero attached hydrogens (tertiary/aromatic N) is 2. The normalized spacial score (nSPS) is 15.5. The Morgan fingerprint density at radius 2 is 1.72 bits per heavy atom. The summed E-state index contributed by atoms with van der Waals surface area (Å²) in [6, 6.07) is 16.8. The Balaban J connectivity index is 1.35. The lowest BCUT2D eigenvalue weighted by molar-refractivity contribution is -0.915. The Morgan fingerprint density at radius 1 is 1.00 bits per heavy atom. The molecule has 0 bridgehead atoms. The van der Waals surface area contributed by atoms with Crippen LogP contribution in [0.25, 0.3) is 11.3 Å². The third-order valence-corrected chi connectivity index (χ3v) is 4.68. The van der Waals surface area contributed by atoms with Crippen LogP contribution in [0, 0.1) is 5.82 Å². The zero-order valence-corrected chi connectivity index (χ0v) is 14.0. The summed E-state index contributed by atoms with van der Waals surface area (Å²) < 4.78 is 18.9. The molecule has 0 amide bonds. The summed E-state index contributed by atoms with van der Waals surface area (Å²) in [6.45, 7) is 4.96. The number of hydrogen-bond acceptors (Lipinski definition) is 3. The number of hydrogen-bond donors (Lipinski definition) is 1. The van der Waals surface area contributed by atoms with Gasteiger partial charge in [-0.05, 0) is 36.4 Å². The van der Waals surface area contributed by atoms with Crippen LogP contribution < -0.4 is 9.80 Å². The molecular weight excluding hydrogens is 317 g/mol. The minimum atomic E-state index is -0.246. The SMILES string of the molecule is Fc1ccc(-c2cnc(C[NH+]3CCN(c4ccccc4)CC3)o2)cc1. The molecule has 2 heterocycles. The molecule has 1 fully saturated rings. The van der Waals surface area contributed by atoms with Crippen LogP contribution in [0.5, 0.6) is 0 Å². The van der Waals surface area contributed by atoms with Crippen molar-refractivity contribution in [3.8, 4) is 11.3 Å². The number of quaternary nitrogens is 1. The van der Waals surface area contributed by atoms with Crippen molar-refractivity contribution in [2.24, 2.45) is 0 Å². The van der Waals surface area contributed by atoms with E-state index in [-0.39, 0.29) is 5.82 Å². The van der Waals surface area contributed by atoms with Gasteiger partial charge in [0.05, 0.1) is 32.4 Å². The number of halogens is 1. The van der Waals surface area contributed by atoms with E-state index in [1.54, 1.807) is 18.3 Å². The number of oxazole rings is 1. The quantitative estimate of drug-likeness (QED) is 0.793. The molecule has 0 radical (unpaired) electrons. The molecule has 2 aromatic carbocycles. The molecule has 0 aliphatic carbocycles. The van der Waals surface area contributed by atoms with Gasteiger partial charge in [-0.15, -0.1) is 0 Å². The molecular formula is C20H21FN3O+. The predicted molar refractivity (Wildman–Crippen MR) is 95.0 cm³/mol. The number of nitrogens with one attached hydrogen (secondary N) is 1. The molecule has 0 spiro atoms. The summed E-state index contributed by atoms with van der Waals surface area (Å²) in [6.07, 6.45) is 1.72. The van der Waals surface area contributed by atoms with E-state index in [9.17, 15) is 4.39 Å². The highest BCUT2D eigenvalue weighted by atomic mass is 19.1. The zero-order chi connectivity index (χ0) is 17.1. The zero-order valence-electron chi connectivity index (χ0n) is 14.0. The molecule has 4 nitrogen and oxygen atoms in total. The second-order valence-electron chi connectivity index (χ2n) is 6.37. The van der Waals surface area contributed by atoms with Crippen molar-refractivity contribution in [1.82, 2.24) is 4.98 Å². The van der Waals surface area contributed by atoms with Crippen LogP contribution in [-0.2, 0) is 6.54 Å². The Bertz CT molecular complexity index is 808. The van der Waals surface area contributed by atoms with E-state index in [2.05, 4.69) is 34.1 Å². The molecule has 3 aromatic rings. The molecule has 1 aliphatic rings. The van der Waals surface area contributed by atoms with E-state index in [0.717, 1.165) is 44.2 Å². The highest BCUT2D eigenvalue weighted by Gasteiger charge is 2.22. The smallest absolute Gasteiger partial charge is 0.250 e. The van der Waals surface area contributed by atoms with Crippen LogP contribution in [0.1, 0.15) is 5.89 Å². The largest absolute Gasteiger partial charge is 0.435 e. The van der Waals surface area contributed by atoms with E-state index in [1.807, 2.05) is 6.07 Å². The first-order chi connectivity index (χ1) is 12.3. The summed E-state index contributed by atoms with van der Waals surface area (Å²) in [7, 11) is 0. The molecule has 5 heteroatoms. The van der Waals surface area contributed by atoms with Gasteiger partial charge in [-0.2, -0.15) is 0 Å². The second kappa shape index (κ2) is 7.07. The Hall–Kier alpha value is -2.66. The number of anilines is 1. The lowest BCUT2D eigenvalue weighted by atomic mass is 10.2. The molecule has 4 rings (SSSR count). The van der Waals surface area contributed by atoms with Crippen molar-refractivity contribution in [2.45, 2.75) is 6.54 Å². The van der Waals surface area contributed by atoms with Crippen LogP contribution in [-0.4, -0.2) is 31.2 Å². The average molecular weight is 338 g/mol. The van der Waals surface area contributed by atoms with Gasteiger partial charge in [-0.3, -0.25) is 0 Å². The van der Waals surface area contributed by atoms with E-state index in [1.165, 1.54) is 22.7 Å². The first-order valence-electron chi connectivity index (χ1n) is 8.62. The third kappa shape index (κ3) is 3.72. The Morgan fingerprint density at radius 3 is 2.44 bits per heavy atom. The molecule has 0 atom stereocenters. The molecule has 1 aliphatic heterocycles. The minimum Gasteiger partial charge on any atom is -0.435 e. The maximum absolute atomic E-state index is 13.0. The Labute approximate surface area is 146 Å². The van der Waals surface area contributed by atoms with Crippen LogP contribution in [0.2, 0.25) is 0 Å². The summed E-state index contributed by atoms with van der Waals surface area (Å²) in [5.41, 5.74) is 2.14. The van der Waals surface area contributed by atoms with Crippen molar-refractivity contribution in [2.75, 3.05) is 31.1 Å². The predicted octanol–water partition coefficient (Wildman–Crippen LogP) is 2.39. The summed E-state index contributed by atoms with van der Waals surface area (Å²) in [4.78, 5) is 8.28. The van der Waals surface area contributed by atoms with Crippen molar-refractivity contribution in [3.63, 3.8) is 0 Å². The lowest BCUT2D eigenvalue weighted by Crippen LogP contribution is -3.13. The number of para-hydroxylation sites is 1. The third-order valence-electron chi connectivity index (χ3n) is 4.68. The van der Waals surface area contributed by atoms with Gasteiger partial charge in [0, 0.05) is 11.3 Å². The fourth-order valence-electron chi connectivity index (χ4n) is 3.25. The highest BCUT2D eigenvalue weighted by molar-refractivity contribution is 5.55. The topological polar surface area (TPSA) is 33.7 Å². The van der Waals surface area contributed by atoms with Crippen molar-refractivity contribution >= 4 is 5.69 Å². The van der Waals surface area contributed by atoms with E-state index >= 15 is 0 Å². The van der Waals surface area contributed by atoms with Gasteiger partial charge in [0.1, 0.15) is 5.82 Å². The molecule has 128 valence electrons. The maximum Gasteiger partial charge on any atom is 0.250 e. The van der Waals surface area contributed by atoms with Crippen LogP contribution in [0.3, 0.4) is 0 Å². The highest BCUT2D eigenvalue weighted by Crippen LogP contribution is 2.20. The molecule has 1 N–H and O–H groups in total. The van der Waals surface area contributed by atoms with E-state index in [4.69, 9.17) is 4.42 Å². The second-order valence-corrected chi connectivity index (χ2v) is 6.37. The van der Waals surface area contributed by atoms with Gasteiger partial charge in [-0.1, -0.05) is 18.2 Å². The Kier molecular flexibility index (Phi) is 4.48. The molecule has 0 saturated carbocycles. The van der Waals surface area contributed by atoms with Gasteiger partial charge in [0.2, 0.25) is 0 Å². The first-order valence-corrected chi connectivity index (χ1v) is 8.62. The summed E-state index contributed by atoms with van der Waals surface area (Å²) in [5, 5.41) is 0. The lowest BCUT2D eigenvalue weighted by Gasteiger charge is -2.33. The number of rotatable bonds is 4. The van der Waals surface area contributed by atoms with Crippen molar-refractivity contribution in [3.05, 3.63) is 72.5 Å². The van der Waals surface area contributed by atoms with E-state index < -0.39 is 0 Å². The summed E-state index contributed by atoms with van der Waals surface area (Å²) >= 11 is 0. The monoisotopic (exact) mass is 338 g/mol. The van der Waals surface area contributed by atoms with Crippen LogP contribution in [0.4, 0.5) is 10.1 Å². The van der Waals surface area contributed by atoms with Gasteiger partial charge in [0.15, 0.2) is 12.3 Å². The fraction of sp³-hybridized carbons (Fsp3) is 0.250. The average Bonchev–Trinajstić information content (AvgIpc) is 3.12. The number of benzene rings is 2. The standard InChI is InChI=1S/C20H20FN3O/c21-17-8-6-16(7-9-17)19-14-22-20(25-19)15-23-10-12-24(13-11-23)18-4-2-1-3-5-18/h1-9,14H,10-13,15H2/p+1. The number of aromatic nitrogens is 1. The van der Waals surface area contributed by atoms with Crippen molar-refractivity contribution < 1.29 is 13.7 Å². The van der Waals surface area contributed by atoms with Gasteiger partial charge in [0.25, 0.3) is 5.89 Å². The van der Waals surface area contributed by atoms with Gasteiger partial charge >= 0.3 is 0 Å². The summed E-state index contributed by atoms with van der Waals surface area (Å²) in [5.74, 6) is 1.18.